The fraction of sp³-hybridized carbons (Fsp3) is 0.632. The highest BCUT2D eigenvalue weighted by Gasteiger charge is 2.52. The van der Waals surface area contributed by atoms with Crippen LogP contribution in [0.4, 0.5) is 0 Å². The number of hydrogen-bond donors (Lipinski definition) is 1. The molecular formula is C19H27NO4S. The highest BCUT2D eigenvalue weighted by atomic mass is 32.2. The molecule has 3 rings (SSSR count). The summed E-state index contributed by atoms with van der Waals surface area (Å²) < 4.78 is 27.7. The van der Waals surface area contributed by atoms with Gasteiger partial charge in [0.15, 0.2) is 0 Å². The molecule has 0 aromatic heterocycles. The first-order chi connectivity index (χ1) is 11.7. The summed E-state index contributed by atoms with van der Waals surface area (Å²) in [7, 11) is -3.80. The number of carboxylic acids is 1. The Morgan fingerprint density at radius 3 is 2.44 bits per heavy atom. The van der Waals surface area contributed by atoms with Crippen LogP contribution in [0.15, 0.2) is 29.2 Å². The third-order valence-corrected chi connectivity index (χ3v) is 8.11. The summed E-state index contributed by atoms with van der Waals surface area (Å²) in [4.78, 5) is 11.8. The van der Waals surface area contributed by atoms with Gasteiger partial charge in [0.1, 0.15) is 6.04 Å². The van der Waals surface area contributed by atoms with E-state index in [4.69, 9.17) is 0 Å². The number of benzene rings is 1. The Kier molecular flexibility index (Phi) is 4.71. The predicted molar refractivity (Wildman–Crippen MR) is 96.0 cm³/mol. The van der Waals surface area contributed by atoms with E-state index in [9.17, 15) is 18.3 Å². The Morgan fingerprint density at radius 2 is 1.88 bits per heavy atom. The standard InChI is InChI=1S/C19H27NO4S/c1-4-19(2,3)14-8-10-15(11-9-14)25(23,24)20-16-7-5-6-13(16)12-17(20)18(21)22/h8-11,13,16-17H,4-7,12H2,1-3H3,(H,21,22). The van der Waals surface area contributed by atoms with Crippen molar-refractivity contribution in [3.63, 3.8) is 0 Å². The molecule has 1 aromatic rings. The fourth-order valence-corrected chi connectivity index (χ4v) is 6.08. The molecule has 3 unspecified atom stereocenters. The van der Waals surface area contributed by atoms with Crippen molar-refractivity contribution in [2.45, 2.75) is 75.3 Å². The summed E-state index contributed by atoms with van der Waals surface area (Å²) in [6, 6.07) is 5.86. The summed E-state index contributed by atoms with van der Waals surface area (Å²) in [5.74, 6) is -0.865. The zero-order valence-electron chi connectivity index (χ0n) is 15.1. The second-order valence-electron chi connectivity index (χ2n) is 7.94. The molecule has 2 fully saturated rings. The van der Waals surface area contributed by atoms with Gasteiger partial charge in [0.05, 0.1) is 4.90 Å². The van der Waals surface area contributed by atoms with Crippen molar-refractivity contribution in [2.75, 3.05) is 0 Å². The minimum absolute atomic E-state index is 0.0178. The van der Waals surface area contributed by atoms with Gasteiger partial charge in [0.25, 0.3) is 0 Å². The lowest BCUT2D eigenvalue weighted by Crippen LogP contribution is -2.44. The van der Waals surface area contributed by atoms with E-state index in [0.29, 0.717) is 6.42 Å². The van der Waals surface area contributed by atoms with Gasteiger partial charge in [0.2, 0.25) is 10.0 Å². The first kappa shape index (κ1) is 18.4. The lowest BCUT2D eigenvalue weighted by Gasteiger charge is -2.27. The van der Waals surface area contributed by atoms with E-state index >= 15 is 0 Å². The molecule has 5 nitrogen and oxygen atoms in total. The van der Waals surface area contributed by atoms with Crippen molar-refractivity contribution < 1.29 is 18.3 Å². The molecule has 1 heterocycles. The minimum Gasteiger partial charge on any atom is -0.480 e. The van der Waals surface area contributed by atoms with Crippen molar-refractivity contribution in [1.82, 2.24) is 4.31 Å². The van der Waals surface area contributed by atoms with Gasteiger partial charge < -0.3 is 5.11 Å². The van der Waals surface area contributed by atoms with Crippen molar-refractivity contribution >= 4 is 16.0 Å². The molecule has 6 heteroatoms. The van der Waals surface area contributed by atoms with Crippen LogP contribution < -0.4 is 0 Å². The van der Waals surface area contributed by atoms with Crippen LogP contribution in [0.25, 0.3) is 0 Å². The summed E-state index contributed by atoms with van der Waals surface area (Å²) in [5, 5.41) is 9.53. The van der Waals surface area contributed by atoms with Crippen molar-refractivity contribution in [3.05, 3.63) is 29.8 Å². The molecule has 25 heavy (non-hydrogen) atoms. The van der Waals surface area contributed by atoms with Crippen LogP contribution in [0.3, 0.4) is 0 Å². The zero-order chi connectivity index (χ0) is 18.4. The summed E-state index contributed by atoms with van der Waals surface area (Å²) >= 11 is 0. The molecule has 0 amide bonds. The molecule has 0 radical (unpaired) electrons. The zero-order valence-corrected chi connectivity index (χ0v) is 15.9. The minimum atomic E-state index is -3.80. The van der Waals surface area contributed by atoms with Crippen LogP contribution >= 0.6 is 0 Å². The lowest BCUT2D eigenvalue weighted by atomic mass is 9.82. The Morgan fingerprint density at radius 1 is 1.24 bits per heavy atom. The van der Waals surface area contributed by atoms with E-state index < -0.39 is 22.0 Å². The van der Waals surface area contributed by atoms with Crippen molar-refractivity contribution in [3.8, 4) is 0 Å². The van der Waals surface area contributed by atoms with Crippen LogP contribution in [0, 0.1) is 5.92 Å². The van der Waals surface area contributed by atoms with E-state index in [-0.39, 0.29) is 22.3 Å². The van der Waals surface area contributed by atoms with Gasteiger partial charge in [-0.2, -0.15) is 4.31 Å². The van der Waals surface area contributed by atoms with Crippen LogP contribution in [-0.4, -0.2) is 35.9 Å². The molecule has 1 aromatic carbocycles. The van der Waals surface area contributed by atoms with E-state index in [2.05, 4.69) is 20.8 Å². The number of aliphatic carboxylic acids is 1. The average Bonchev–Trinajstić information content (AvgIpc) is 3.15. The smallest absolute Gasteiger partial charge is 0.322 e. The monoisotopic (exact) mass is 365 g/mol. The van der Waals surface area contributed by atoms with Crippen molar-refractivity contribution in [2.24, 2.45) is 5.92 Å². The summed E-state index contributed by atoms with van der Waals surface area (Å²) in [6.45, 7) is 6.35. The van der Waals surface area contributed by atoms with E-state index in [0.717, 1.165) is 31.2 Å². The Labute approximate surface area is 150 Å². The maximum Gasteiger partial charge on any atom is 0.322 e. The number of carbonyl (C=O) groups is 1. The lowest BCUT2D eigenvalue weighted by molar-refractivity contribution is -0.141. The van der Waals surface area contributed by atoms with Crippen LogP contribution in [-0.2, 0) is 20.2 Å². The van der Waals surface area contributed by atoms with Gasteiger partial charge in [-0.05, 0) is 54.7 Å². The second-order valence-corrected chi connectivity index (χ2v) is 9.79. The van der Waals surface area contributed by atoms with Gasteiger partial charge in [-0.3, -0.25) is 4.79 Å². The molecule has 3 atom stereocenters. The van der Waals surface area contributed by atoms with Crippen LogP contribution in [0.1, 0.15) is 58.4 Å². The van der Waals surface area contributed by atoms with Crippen molar-refractivity contribution in [1.29, 1.82) is 0 Å². The van der Waals surface area contributed by atoms with E-state index in [1.165, 1.54) is 4.31 Å². The first-order valence-corrected chi connectivity index (χ1v) is 10.5. The largest absolute Gasteiger partial charge is 0.480 e. The quantitative estimate of drug-likeness (QED) is 0.868. The fourth-order valence-electron chi connectivity index (χ4n) is 4.21. The second kappa shape index (κ2) is 6.40. The molecule has 0 spiro atoms. The Bertz CT molecular complexity index is 754. The highest BCUT2D eigenvalue weighted by molar-refractivity contribution is 7.89. The molecule has 2 aliphatic rings. The molecule has 1 aliphatic carbocycles. The third kappa shape index (κ3) is 3.10. The average molecular weight is 365 g/mol. The number of hydrogen-bond acceptors (Lipinski definition) is 3. The maximum absolute atomic E-state index is 13.2. The topological polar surface area (TPSA) is 74.7 Å². The van der Waals surface area contributed by atoms with Gasteiger partial charge in [-0.25, -0.2) is 8.42 Å². The number of fused-ring (bicyclic) bond motifs is 1. The molecule has 0 bridgehead atoms. The summed E-state index contributed by atoms with van der Waals surface area (Å²) in [6.07, 6.45) is 4.03. The number of sulfonamides is 1. The van der Waals surface area contributed by atoms with Gasteiger partial charge in [-0.1, -0.05) is 39.3 Å². The van der Waals surface area contributed by atoms with Gasteiger partial charge >= 0.3 is 5.97 Å². The third-order valence-electron chi connectivity index (χ3n) is 6.16. The van der Waals surface area contributed by atoms with Crippen LogP contribution in [0.5, 0.6) is 0 Å². The van der Waals surface area contributed by atoms with E-state index in [1.54, 1.807) is 12.1 Å². The Balaban J connectivity index is 1.96. The molecule has 1 saturated heterocycles. The molecule has 1 N–H and O–H groups in total. The highest BCUT2D eigenvalue weighted by Crippen LogP contribution is 2.44. The van der Waals surface area contributed by atoms with Crippen LogP contribution in [0.2, 0.25) is 0 Å². The number of nitrogens with zero attached hydrogens (tertiary/aromatic N) is 1. The first-order valence-electron chi connectivity index (χ1n) is 9.05. The number of carboxylic acid groups (broad SMARTS) is 1. The molecule has 1 saturated carbocycles. The normalized spacial score (nSPS) is 27.4. The SMILES string of the molecule is CCC(C)(C)c1ccc(S(=O)(=O)N2C(C(=O)O)CC3CCCC32)cc1. The summed E-state index contributed by atoms with van der Waals surface area (Å²) in [5.41, 5.74) is 1.07. The molecule has 1 aliphatic heterocycles. The van der Waals surface area contributed by atoms with E-state index in [1.807, 2.05) is 12.1 Å². The Hall–Kier alpha value is -1.40. The molecular weight excluding hydrogens is 338 g/mol. The molecule has 138 valence electrons. The predicted octanol–water partition coefficient (Wildman–Crippen LogP) is 3.39. The number of rotatable bonds is 5. The van der Waals surface area contributed by atoms with Gasteiger partial charge in [-0.15, -0.1) is 0 Å². The van der Waals surface area contributed by atoms with Gasteiger partial charge in [0, 0.05) is 6.04 Å². The maximum atomic E-state index is 13.2.